The number of rotatable bonds is 6. The van der Waals surface area contributed by atoms with Crippen LogP contribution in [-0.2, 0) is 9.53 Å². The minimum atomic E-state index is -0.258. The Morgan fingerprint density at radius 2 is 2.47 bits per heavy atom. The minimum Gasteiger partial charge on any atom is -0.392 e. The van der Waals surface area contributed by atoms with Gasteiger partial charge >= 0.3 is 0 Å². The van der Waals surface area contributed by atoms with E-state index in [0.29, 0.717) is 26.2 Å². The minimum absolute atomic E-state index is 0.0280. The second-order valence-electron chi connectivity index (χ2n) is 3.87. The highest BCUT2D eigenvalue weighted by Crippen LogP contribution is 2.07. The first kappa shape index (κ1) is 12.4. The molecule has 0 unspecified atom stereocenters. The molecule has 0 radical (unpaired) electrons. The molecule has 1 aliphatic rings. The van der Waals surface area contributed by atoms with Gasteiger partial charge in [0.2, 0.25) is 5.91 Å². The van der Waals surface area contributed by atoms with Crippen LogP contribution in [0.4, 0.5) is 0 Å². The topological polar surface area (TPSA) is 61.8 Å². The van der Waals surface area contributed by atoms with Crippen molar-refractivity contribution in [2.45, 2.75) is 18.9 Å². The highest BCUT2D eigenvalue weighted by atomic mass is 16.5. The van der Waals surface area contributed by atoms with Gasteiger partial charge in [-0.2, -0.15) is 0 Å². The van der Waals surface area contributed by atoms with Crippen molar-refractivity contribution in [1.82, 2.24) is 10.2 Å². The van der Waals surface area contributed by atoms with Gasteiger partial charge in [0, 0.05) is 33.4 Å². The van der Waals surface area contributed by atoms with Crippen LogP contribution in [0.5, 0.6) is 0 Å². The second kappa shape index (κ2) is 6.76. The molecule has 1 aliphatic heterocycles. The molecule has 1 rings (SSSR count). The lowest BCUT2D eigenvalue weighted by Gasteiger charge is -2.14. The lowest BCUT2D eigenvalue weighted by Crippen LogP contribution is -2.37. The van der Waals surface area contributed by atoms with Gasteiger partial charge in [-0.05, 0) is 12.8 Å². The molecule has 0 aromatic rings. The molecule has 1 atom stereocenters. The summed E-state index contributed by atoms with van der Waals surface area (Å²) in [5.41, 5.74) is 0. The number of ether oxygens (including phenoxy) is 1. The summed E-state index contributed by atoms with van der Waals surface area (Å²) in [5.74, 6) is 0.0280. The van der Waals surface area contributed by atoms with Crippen LogP contribution >= 0.6 is 0 Å². The van der Waals surface area contributed by atoms with Crippen LogP contribution in [0.3, 0.4) is 0 Å². The van der Waals surface area contributed by atoms with E-state index in [1.807, 2.05) is 4.90 Å². The number of aliphatic hydroxyl groups excluding tert-OH is 1. The summed E-state index contributed by atoms with van der Waals surface area (Å²) >= 11 is 0. The van der Waals surface area contributed by atoms with Crippen LogP contribution in [0.25, 0.3) is 0 Å². The molecular formula is C10H20N2O3. The first-order chi connectivity index (χ1) is 7.22. The predicted molar refractivity (Wildman–Crippen MR) is 56.6 cm³/mol. The smallest absolute Gasteiger partial charge is 0.234 e. The molecule has 1 amide bonds. The SMILES string of the molecule is COCCCNC(=O)CN1CC[C@@H](O)C1. The largest absolute Gasteiger partial charge is 0.392 e. The number of methoxy groups -OCH3 is 1. The van der Waals surface area contributed by atoms with Crippen LogP contribution < -0.4 is 5.32 Å². The molecule has 1 fully saturated rings. The van der Waals surface area contributed by atoms with Crippen LogP contribution in [-0.4, -0.2) is 61.9 Å². The molecule has 5 nitrogen and oxygen atoms in total. The van der Waals surface area contributed by atoms with Crippen LogP contribution in [0.1, 0.15) is 12.8 Å². The van der Waals surface area contributed by atoms with Crippen molar-refractivity contribution < 1.29 is 14.6 Å². The van der Waals surface area contributed by atoms with Crippen LogP contribution in [0.2, 0.25) is 0 Å². The van der Waals surface area contributed by atoms with Crippen molar-refractivity contribution in [3.63, 3.8) is 0 Å². The van der Waals surface area contributed by atoms with Crippen molar-refractivity contribution in [2.75, 3.05) is 39.9 Å². The molecule has 0 aromatic heterocycles. The molecule has 2 N–H and O–H groups in total. The third-order valence-electron chi connectivity index (χ3n) is 2.46. The Bertz CT molecular complexity index is 199. The first-order valence-corrected chi connectivity index (χ1v) is 5.38. The van der Waals surface area contributed by atoms with Gasteiger partial charge in [-0.25, -0.2) is 0 Å². The van der Waals surface area contributed by atoms with E-state index in [1.54, 1.807) is 7.11 Å². The van der Waals surface area contributed by atoms with Gasteiger partial charge in [-0.15, -0.1) is 0 Å². The number of hydrogen-bond donors (Lipinski definition) is 2. The summed E-state index contributed by atoms with van der Waals surface area (Å²) in [6.07, 6.45) is 1.35. The molecule has 1 heterocycles. The average molecular weight is 216 g/mol. The number of amides is 1. The molecule has 0 bridgehead atoms. The fourth-order valence-corrected chi connectivity index (χ4v) is 1.66. The number of hydrogen-bond acceptors (Lipinski definition) is 4. The standard InChI is InChI=1S/C10H20N2O3/c1-15-6-2-4-11-10(14)8-12-5-3-9(13)7-12/h9,13H,2-8H2,1H3,(H,11,14)/t9-/m1/s1. The molecule has 88 valence electrons. The first-order valence-electron chi connectivity index (χ1n) is 5.38. The number of carbonyl (C=O) groups is 1. The van der Waals surface area contributed by atoms with Crippen molar-refractivity contribution >= 4 is 5.91 Å². The van der Waals surface area contributed by atoms with Crippen LogP contribution in [0, 0.1) is 0 Å². The maximum Gasteiger partial charge on any atom is 0.234 e. The van der Waals surface area contributed by atoms with Crippen molar-refractivity contribution in [3.8, 4) is 0 Å². The summed E-state index contributed by atoms with van der Waals surface area (Å²) in [4.78, 5) is 13.4. The molecular weight excluding hydrogens is 196 g/mol. The summed E-state index contributed by atoms with van der Waals surface area (Å²) in [6, 6.07) is 0. The van der Waals surface area contributed by atoms with Gasteiger partial charge in [0.05, 0.1) is 12.6 Å². The fraction of sp³-hybridized carbons (Fsp3) is 0.900. The Morgan fingerprint density at radius 3 is 3.07 bits per heavy atom. The quantitative estimate of drug-likeness (QED) is 0.571. The number of nitrogens with zero attached hydrogens (tertiary/aromatic N) is 1. The zero-order valence-electron chi connectivity index (χ0n) is 9.24. The van der Waals surface area contributed by atoms with Gasteiger partial charge < -0.3 is 15.2 Å². The van der Waals surface area contributed by atoms with E-state index in [-0.39, 0.29) is 12.0 Å². The van der Waals surface area contributed by atoms with E-state index in [9.17, 15) is 9.90 Å². The highest BCUT2D eigenvalue weighted by Gasteiger charge is 2.21. The normalized spacial score (nSPS) is 21.9. The lowest BCUT2D eigenvalue weighted by atomic mass is 10.3. The Morgan fingerprint density at radius 1 is 1.67 bits per heavy atom. The Balaban J connectivity index is 2.03. The summed E-state index contributed by atoms with van der Waals surface area (Å²) in [7, 11) is 1.65. The molecule has 0 aromatic carbocycles. The molecule has 1 saturated heterocycles. The number of carbonyl (C=O) groups excluding carboxylic acids is 1. The van der Waals surface area contributed by atoms with Gasteiger partial charge in [0.25, 0.3) is 0 Å². The molecule has 5 heteroatoms. The Labute approximate surface area is 90.4 Å². The third-order valence-corrected chi connectivity index (χ3v) is 2.46. The second-order valence-corrected chi connectivity index (χ2v) is 3.87. The van der Waals surface area contributed by atoms with Gasteiger partial charge in [0.15, 0.2) is 0 Å². The fourth-order valence-electron chi connectivity index (χ4n) is 1.66. The van der Waals surface area contributed by atoms with Crippen molar-refractivity contribution in [1.29, 1.82) is 0 Å². The number of likely N-dealkylation sites (tertiary alicyclic amines) is 1. The summed E-state index contributed by atoms with van der Waals surface area (Å²) in [6.45, 7) is 3.15. The van der Waals surface area contributed by atoms with Gasteiger partial charge in [-0.3, -0.25) is 9.69 Å². The van der Waals surface area contributed by atoms with Gasteiger partial charge in [-0.1, -0.05) is 0 Å². The third kappa shape index (κ3) is 5.11. The van der Waals surface area contributed by atoms with E-state index in [2.05, 4.69) is 5.32 Å². The zero-order chi connectivity index (χ0) is 11.1. The maximum absolute atomic E-state index is 11.4. The Kier molecular flexibility index (Phi) is 5.60. The van der Waals surface area contributed by atoms with Crippen molar-refractivity contribution in [2.24, 2.45) is 0 Å². The Hall–Kier alpha value is -0.650. The average Bonchev–Trinajstić information content (AvgIpc) is 2.59. The van der Waals surface area contributed by atoms with E-state index < -0.39 is 0 Å². The van der Waals surface area contributed by atoms with E-state index in [4.69, 9.17) is 4.74 Å². The van der Waals surface area contributed by atoms with Crippen molar-refractivity contribution in [3.05, 3.63) is 0 Å². The van der Waals surface area contributed by atoms with Crippen LogP contribution in [0.15, 0.2) is 0 Å². The lowest BCUT2D eigenvalue weighted by molar-refractivity contribution is -0.122. The number of aliphatic hydroxyl groups is 1. The van der Waals surface area contributed by atoms with E-state index in [1.165, 1.54) is 0 Å². The van der Waals surface area contributed by atoms with Gasteiger partial charge in [0.1, 0.15) is 0 Å². The summed E-state index contributed by atoms with van der Waals surface area (Å²) < 4.78 is 4.88. The predicted octanol–water partition coefficient (Wildman–Crippen LogP) is -0.794. The maximum atomic E-state index is 11.4. The summed E-state index contributed by atoms with van der Waals surface area (Å²) in [5, 5.41) is 12.1. The number of nitrogens with one attached hydrogen (secondary N) is 1. The van der Waals surface area contributed by atoms with E-state index in [0.717, 1.165) is 19.4 Å². The zero-order valence-corrected chi connectivity index (χ0v) is 9.24. The van der Waals surface area contributed by atoms with E-state index >= 15 is 0 Å². The number of β-amino-alcohol motifs (C(OH)–C–C–N with tert-alkyl or cyclic N) is 1. The molecule has 0 spiro atoms. The molecule has 0 saturated carbocycles. The molecule has 0 aliphatic carbocycles. The monoisotopic (exact) mass is 216 g/mol. The highest BCUT2D eigenvalue weighted by molar-refractivity contribution is 5.78. The molecule has 15 heavy (non-hydrogen) atoms.